The van der Waals surface area contributed by atoms with Gasteiger partial charge >= 0.3 is 0 Å². The van der Waals surface area contributed by atoms with Gasteiger partial charge in [0.15, 0.2) is 8.32 Å². The molecule has 0 heterocycles. The van der Waals surface area contributed by atoms with E-state index >= 15 is 0 Å². The maximum Gasteiger partial charge on any atom is 0.192 e. The van der Waals surface area contributed by atoms with Crippen molar-refractivity contribution in [3.63, 3.8) is 0 Å². The Kier molecular flexibility index (Phi) is 7.56. The van der Waals surface area contributed by atoms with Crippen molar-refractivity contribution in [2.45, 2.75) is 58.9 Å². The Morgan fingerprint density at radius 2 is 1.71 bits per heavy atom. The predicted molar refractivity (Wildman–Crippen MR) is 75.1 cm³/mol. The first kappa shape index (κ1) is 17.1. The minimum Gasteiger partial charge on any atom is -0.414 e. The second kappa shape index (κ2) is 7.51. The molecule has 0 fully saturated rings. The maximum absolute atomic E-state index is 6.09. The molecular weight excluding hydrogens is 232 g/mol. The van der Waals surface area contributed by atoms with E-state index < -0.39 is 8.32 Å². The maximum atomic E-state index is 6.09. The van der Waals surface area contributed by atoms with E-state index in [2.05, 4.69) is 40.8 Å². The van der Waals surface area contributed by atoms with Crippen LogP contribution in [0.3, 0.4) is 0 Å². The number of hydrogen-bond acceptors (Lipinski definition) is 3. The molecule has 0 aromatic heterocycles. The molecule has 4 heteroatoms. The van der Waals surface area contributed by atoms with Crippen molar-refractivity contribution in [3.05, 3.63) is 0 Å². The summed E-state index contributed by atoms with van der Waals surface area (Å²) in [6.45, 7) is 18.1. The fourth-order valence-electron chi connectivity index (χ4n) is 1.04. The predicted octanol–water partition coefficient (Wildman–Crippen LogP) is 3.45. The van der Waals surface area contributed by atoms with Gasteiger partial charge in [-0.3, -0.25) is 0 Å². The molecule has 0 N–H and O–H groups in total. The Balaban J connectivity index is 3.80. The van der Waals surface area contributed by atoms with Crippen LogP contribution in [0, 0.1) is 0 Å². The van der Waals surface area contributed by atoms with Crippen LogP contribution in [0.5, 0.6) is 0 Å². The monoisotopic (exact) mass is 262 g/mol. The highest BCUT2D eigenvalue weighted by molar-refractivity contribution is 6.74. The summed E-state index contributed by atoms with van der Waals surface area (Å²) in [6.07, 6.45) is 0.143. The highest BCUT2D eigenvalue weighted by Crippen LogP contribution is 2.36. The normalized spacial score (nSPS) is 15.0. The average Bonchev–Trinajstić information content (AvgIpc) is 2.20. The van der Waals surface area contributed by atoms with E-state index in [1.807, 2.05) is 6.92 Å². The van der Waals surface area contributed by atoms with Crippen molar-refractivity contribution < 1.29 is 13.9 Å². The molecule has 1 atom stereocenters. The first-order chi connectivity index (χ1) is 7.70. The van der Waals surface area contributed by atoms with Crippen molar-refractivity contribution in [1.82, 2.24) is 0 Å². The van der Waals surface area contributed by atoms with Crippen LogP contribution in [0.15, 0.2) is 0 Å². The fourth-order valence-corrected chi connectivity index (χ4v) is 2.13. The molecule has 3 nitrogen and oxygen atoms in total. The summed E-state index contributed by atoms with van der Waals surface area (Å²) >= 11 is 0. The Labute approximate surface area is 108 Å². The zero-order valence-corrected chi connectivity index (χ0v) is 13.6. The molecule has 0 bridgehead atoms. The number of hydrogen-bond donors (Lipinski definition) is 0. The van der Waals surface area contributed by atoms with Crippen LogP contribution >= 0.6 is 0 Å². The Bertz CT molecular complexity index is 199. The van der Waals surface area contributed by atoms with E-state index in [0.717, 1.165) is 6.61 Å². The molecule has 17 heavy (non-hydrogen) atoms. The largest absolute Gasteiger partial charge is 0.414 e. The smallest absolute Gasteiger partial charge is 0.192 e. The third kappa shape index (κ3) is 7.19. The molecule has 1 unspecified atom stereocenters. The van der Waals surface area contributed by atoms with Crippen LogP contribution in [0.1, 0.15) is 34.6 Å². The van der Waals surface area contributed by atoms with Crippen LogP contribution < -0.4 is 0 Å². The minimum atomic E-state index is -1.63. The summed E-state index contributed by atoms with van der Waals surface area (Å²) in [5.74, 6) is 0. The van der Waals surface area contributed by atoms with E-state index in [1.165, 1.54) is 0 Å². The molecule has 0 radical (unpaired) electrons. The second-order valence-corrected chi connectivity index (χ2v) is 10.8. The molecule has 0 aliphatic rings. The SMILES string of the molecule is CCOCCOC(C)CO[Si](C)(C)C(C)(C)C. The molecule has 104 valence electrons. The second-order valence-electron chi connectivity index (χ2n) is 5.95. The molecule has 0 aromatic rings. The van der Waals surface area contributed by atoms with Gasteiger partial charge in [0.2, 0.25) is 0 Å². The molecule has 0 saturated carbocycles. The molecule has 0 aliphatic carbocycles. The van der Waals surface area contributed by atoms with Gasteiger partial charge in [0.25, 0.3) is 0 Å². The summed E-state index contributed by atoms with van der Waals surface area (Å²) < 4.78 is 16.9. The third-order valence-corrected chi connectivity index (χ3v) is 7.82. The number of rotatable bonds is 8. The highest BCUT2D eigenvalue weighted by Gasteiger charge is 2.37. The lowest BCUT2D eigenvalue weighted by molar-refractivity contribution is -0.00586. The quantitative estimate of drug-likeness (QED) is 0.495. The number of ether oxygens (including phenoxy) is 2. The molecule has 0 aromatic carbocycles. The minimum absolute atomic E-state index is 0.143. The molecule has 0 amide bonds. The summed E-state index contributed by atoms with van der Waals surface area (Å²) in [7, 11) is -1.63. The standard InChI is InChI=1S/C13H30O3Si/c1-8-14-9-10-15-12(2)11-16-17(6,7)13(3,4)5/h12H,8-11H2,1-7H3. The van der Waals surface area contributed by atoms with E-state index in [9.17, 15) is 0 Å². The van der Waals surface area contributed by atoms with Gasteiger partial charge in [-0.15, -0.1) is 0 Å². The molecule has 0 spiro atoms. The van der Waals surface area contributed by atoms with Crippen LogP contribution in [-0.2, 0) is 13.9 Å². The zero-order chi connectivity index (χ0) is 13.5. The Hall–Kier alpha value is 0.0969. The van der Waals surface area contributed by atoms with Crippen molar-refractivity contribution in [1.29, 1.82) is 0 Å². The lowest BCUT2D eigenvalue weighted by atomic mass is 10.2. The van der Waals surface area contributed by atoms with Crippen molar-refractivity contribution >= 4 is 8.32 Å². The first-order valence-corrected chi connectivity index (χ1v) is 9.45. The molecule has 0 rings (SSSR count). The molecular formula is C13H30O3Si. The van der Waals surface area contributed by atoms with Gasteiger partial charge in [-0.25, -0.2) is 0 Å². The fraction of sp³-hybridized carbons (Fsp3) is 1.00. The highest BCUT2D eigenvalue weighted by atomic mass is 28.4. The van der Waals surface area contributed by atoms with Gasteiger partial charge in [-0.2, -0.15) is 0 Å². The van der Waals surface area contributed by atoms with E-state index in [1.54, 1.807) is 0 Å². The van der Waals surface area contributed by atoms with Gasteiger partial charge in [-0.05, 0) is 32.0 Å². The van der Waals surface area contributed by atoms with Gasteiger partial charge in [0.1, 0.15) is 0 Å². The van der Waals surface area contributed by atoms with Crippen LogP contribution in [0.2, 0.25) is 18.1 Å². The van der Waals surface area contributed by atoms with Crippen LogP contribution in [-0.4, -0.2) is 40.8 Å². The van der Waals surface area contributed by atoms with E-state index in [0.29, 0.717) is 19.8 Å². The summed E-state index contributed by atoms with van der Waals surface area (Å²) in [4.78, 5) is 0. The first-order valence-electron chi connectivity index (χ1n) is 6.54. The Morgan fingerprint density at radius 3 is 2.18 bits per heavy atom. The van der Waals surface area contributed by atoms with Gasteiger partial charge < -0.3 is 13.9 Å². The zero-order valence-electron chi connectivity index (χ0n) is 12.6. The van der Waals surface area contributed by atoms with E-state index in [-0.39, 0.29) is 11.1 Å². The van der Waals surface area contributed by atoms with Crippen molar-refractivity contribution in [3.8, 4) is 0 Å². The summed E-state index contributed by atoms with van der Waals surface area (Å²) in [5, 5.41) is 0.262. The average molecular weight is 262 g/mol. The van der Waals surface area contributed by atoms with Gasteiger partial charge in [-0.1, -0.05) is 20.8 Å². The van der Waals surface area contributed by atoms with Crippen molar-refractivity contribution in [2.24, 2.45) is 0 Å². The van der Waals surface area contributed by atoms with E-state index in [4.69, 9.17) is 13.9 Å². The summed E-state index contributed by atoms with van der Waals surface area (Å²) in [5.41, 5.74) is 0. The summed E-state index contributed by atoms with van der Waals surface area (Å²) in [6, 6.07) is 0. The Morgan fingerprint density at radius 1 is 1.12 bits per heavy atom. The van der Waals surface area contributed by atoms with Crippen LogP contribution in [0.25, 0.3) is 0 Å². The topological polar surface area (TPSA) is 27.7 Å². The van der Waals surface area contributed by atoms with Crippen molar-refractivity contribution in [2.75, 3.05) is 26.4 Å². The van der Waals surface area contributed by atoms with Gasteiger partial charge in [0.05, 0.1) is 25.9 Å². The lowest BCUT2D eigenvalue weighted by Gasteiger charge is -2.36. The lowest BCUT2D eigenvalue weighted by Crippen LogP contribution is -2.42. The molecule has 0 aliphatic heterocycles. The third-order valence-electron chi connectivity index (χ3n) is 3.32. The van der Waals surface area contributed by atoms with Crippen LogP contribution in [0.4, 0.5) is 0 Å². The molecule has 0 saturated heterocycles. The van der Waals surface area contributed by atoms with Gasteiger partial charge in [0, 0.05) is 6.61 Å².